The second-order valence-electron chi connectivity index (χ2n) is 7.90. The van der Waals surface area contributed by atoms with Crippen molar-refractivity contribution in [1.82, 2.24) is 5.32 Å². The Morgan fingerprint density at radius 3 is 2.62 bits per heavy atom. The zero-order chi connectivity index (χ0) is 20.5. The van der Waals surface area contributed by atoms with Crippen LogP contribution in [0, 0.1) is 5.92 Å². The average molecular weight is 395 g/mol. The molecule has 0 fully saturated rings. The Hall–Kier alpha value is -2.30. The predicted octanol–water partition coefficient (Wildman–Crippen LogP) is 4.58. The van der Waals surface area contributed by atoms with Gasteiger partial charge in [-0.15, -0.1) is 0 Å². The van der Waals surface area contributed by atoms with Crippen molar-refractivity contribution in [1.29, 1.82) is 0 Å². The quantitative estimate of drug-likeness (QED) is 0.548. The van der Waals surface area contributed by atoms with Crippen LogP contribution in [0.2, 0.25) is 0 Å². The monoisotopic (exact) mass is 394 g/mol. The highest BCUT2D eigenvalue weighted by Gasteiger charge is 2.17. The zero-order valence-corrected chi connectivity index (χ0v) is 17.7. The Kier molecular flexibility index (Phi) is 8.14. The van der Waals surface area contributed by atoms with Crippen molar-refractivity contribution in [3.8, 4) is 5.75 Å². The summed E-state index contributed by atoms with van der Waals surface area (Å²) >= 11 is 0. The van der Waals surface area contributed by atoms with E-state index in [4.69, 9.17) is 15.2 Å². The van der Waals surface area contributed by atoms with Gasteiger partial charge in [-0.25, -0.2) is 0 Å². The van der Waals surface area contributed by atoms with Gasteiger partial charge in [0.15, 0.2) is 0 Å². The van der Waals surface area contributed by atoms with Crippen molar-refractivity contribution in [3.05, 3.63) is 76.5 Å². The van der Waals surface area contributed by atoms with Gasteiger partial charge >= 0.3 is 0 Å². The van der Waals surface area contributed by atoms with Gasteiger partial charge in [-0.1, -0.05) is 50.2 Å². The van der Waals surface area contributed by atoms with Crippen LogP contribution in [0.15, 0.2) is 59.8 Å². The van der Waals surface area contributed by atoms with Gasteiger partial charge in [0.25, 0.3) is 0 Å². The molecule has 1 aliphatic rings. The van der Waals surface area contributed by atoms with Crippen molar-refractivity contribution in [2.45, 2.75) is 46.3 Å². The molecule has 0 spiro atoms. The molecule has 0 atom stereocenters. The second-order valence-corrected chi connectivity index (χ2v) is 7.90. The van der Waals surface area contributed by atoms with Gasteiger partial charge < -0.3 is 20.5 Å². The van der Waals surface area contributed by atoms with E-state index >= 15 is 0 Å². The van der Waals surface area contributed by atoms with Crippen LogP contribution in [-0.4, -0.2) is 19.8 Å². The molecule has 0 saturated carbocycles. The third-order valence-corrected chi connectivity index (χ3v) is 5.32. The molecular weight excluding hydrogens is 360 g/mol. The smallest absolute Gasteiger partial charge is 0.119 e. The number of allylic oxidation sites excluding steroid dienone is 1. The number of rotatable bonds is 11. The molecule has 0 amide bonds. The van der Waals surface area contributed by atoms with Crippen LogP contribution in [0.1, 0.15) is 43.4 Å². The summed E-state index contributed by atoms with van der Waals surface area (Å²) in [6.07, 6.45) is 2.96. The fourth-order valence-corrected chi connectivity index (χ4v) is 3.80. The van der Waals surface area contributed by atoms with Crippen LogP contribution < -0.4 is 15.8 Å². The topological polar surface area (TPSA) is 56.5 Å². The van der Waals surface area contributed by atoms with E-state index in [0.29, 0.717) is 32.3 Å². The lowest BCUT2D eigenvalue weighted by Gasteiger charge is -2.15. The third kappa shape index (κ3) is 6.34. The molecule has 2 aromatic rings. The van der Waals surface area contributed by atoms with E-state index in [1.165, 1.54) is 28.0 Å². The molecule has 0 bridgehead atoms. The van der Waals surface area contributed by atoms with Gasteiger partial charge in [0, 0.05) is 25.2 Å². The molecule has 0 aliphatic carbocycles. The Bertz CT molecular complexity index is 800. The molecule has 4 heteroatoms. The van der Waals surface area contributed by atoms with Crippen LogP contribution >= 0.6 is 0 Å². The van der Waals surface area contributed by atoms with Gasteiger partial charge in [-0.2, -0.15) is 0 Å². The Morgan fingerprint density at radius 1 is 1.03 bits per heavy atom. The normalized spacial score (nSPS) is 13.8. The summed E-state index contributed by atoms with van der Waals surface area (Å²) < 4.78 is 11.6. The van der Waals surface area contributed by atoms with Crippen molar-refractivity contribution >= 4 is 0 Å². The summed E-state index contributed by atoms with van der Waals surface area (Å²) in [5.41, 5.74) is 12.6. The Labute approximate surface area is 175 Å². The summed E-state index contributed by atoms with van der Waals surface area (Å²) in [5.74, 6) is 1.43. The Morgan fingerprint density at radius 2 is 1.86 bits per heavy atom. The molecule has 156 valence electrons. The third-order valence-electron chi connectivity index (χ3n) is 5.32. The van der Waals surface area contributed by atoms with Crippen molar-refractivity contribution in [2.75, 3.05) is 19.8 Å². The van der Waals surface area contributed by atoms with E-state index in [1.54, 1.807) is 0 Å². The number of benzene rings is 2. The first-order valence-corrected chi connectivity index (χ1v) is 10.7. The van der Waals surface area contributed by atoms with Crippen molar-refractivity contribution < 1.29 is 9.47 Å². The van der Waals surface area contributed by atoms with E-state index in [9.17, 15) is 0 Å². The molecule has 29 heavy (non-hydrogen) atoms. The average Bonchev–Trinajstić information content (AvgIpc) is 3.20. The number of hydrogen-bond acceptors (Lipinski definition) is 4. The second kappa shape index (κ2) is 11.0. The standard InChI is InChI=1S/C25H34N2O2/c1-19(2)25-22(11-12-27-25)15-21-9-10-24(16-23(21)17-26)29-14-6-13-28-18-20-7-4-3-5-8-20/h3-5,7-10,16,19,27H,6,11-15,17-18,26H2,1-2H3. The van der Waals surface area contributed by atoms with Gasteiger partial charge in [0.2, 0.25) is 0 Å². The number of nitrogens with one attached hydrogen (secondary N) is 1. The van der Waals surface area contributed by atoms with E-state index in [2.05, 4.69) is 49.5 Å². The minimum Gasteiger partial charge on any atom is -0.493 e. The summed E-state index contributed by atoms with van der Waals surface area (Å²) in [4.78, 5) is 0. The fourth-order valence-electron chi connectivity index (χ4n) is 3.80. The molecule has 1 aliphatic heterocycles. The van der Waals surface area contributed by atoms with E-state index in [-0.39, 0.29) is 0 Å². The van der Waals surface area contributed by atoms with Crippen molar-refractivity contribution in [2.24, 2.45) is 11.7 Å². The maximum absolute atomic E-state index is 6.03. The highest BCUT2D eigenvalue weighted by molar-refractivity contribution is 5.39. The van der Waals surface area contributed by atoms with Gasteiger partial charge in [0.1, 0.15) is 5.75 Å². The molecule has 3 N–H and O–H groups in total. The predicted molar refractivity (Wildman–Crippen MR) is 119 cm³/mol. The first-order chi connectivity index (χ1) is 14.2. The van der Waals surface area contributed by atoms with Crippen LogP contribution in [0.4, 0.5) is 0 Å². The minimum atomic E-state index is 0.532. The number of nitrogens with two attached hydrogens (primary N) is 1. The molecule has 0 saturated heterocycles. The maximum Gasteiger partial charge on any atom is 0.119 e. The summed E-state index contributed by atoms with van der Waals surface area (Å²) in [6, 6.07) is 16.6. The molecule has 0 unspecified atom stereocenters. The van der Waals surface area contributed by atoms with Gasteiger partial charge in [0.05, 0.1) is 19.8 Å². The van der Waals surface area contributed by atoms with E-state index < -0.39 is 0 Å². The molecule has 2 aromatic carbocycles. The summed E-state index contributed by atoms with van der Waals surface area (Å²) in [7, 11) is 0. The highest BCUT2D eigenvalue weighted by Crippen LogP contribution is 2.27. The summed E-state index contributed by atoms with van der Waals surface area (Å²) in [6.45, 7) is 8.06. The van der Waals surface area contributed by atoms with Gasteiger partial charge in [-0.3, -0.25) is 0 Å². The lowest BCUT2D eigenvalue weighted by atomic mass is 9.95. The Balaban J connectivity index is 1.47. The molecule has 4 nitrogen and oxygen atoms in total. The largest absolute Gasteiger partial charge is 0.493 e. The van der Waals surface area contributed by atoms with Crippen molar-refractivity contribution in [3.63, 3.8) is 0 Å². The first-order valence-electron chi connectivity index (χ1n) is 10.7. The molecule has 0 radical (unpaired) electrons. The van der Waals surface area contributed by atoms with E-state index in [1.807, 2.05) is 18.2 Å². The van der Waals surface area contributed by atoms with Gasteiger partial charge in [-0.05, 0) is 53.2 Å². The summed E-state index contributed by atoms with van der Waals surface area (Å²) in [5, 5.41) is 3.54. The number of hydrogen-bond donors (Lipinski definition) is 2. The minimum absolute atomic E-state index is 0.532. The van der Waals surface area contributed by atoms with Crippen LogP contribution in [0.5, 0.6) is 5.75 Å². The highest BCUT2D eigenvalue weighted by atomic mass is 16.5. The maximum atomic E-state index is 6.03. The fraction of sp³-hybridized carbons (Fsp3) is 0.440. The van der Waals surface area contributed by atoms with Crippen LogP contribution in [0.3, 0.4) is 0 Å². The molecule has 1 heterocycles. The van der Waals surface area contributed by atoms with Crippen LogP contribution in [0.25, 0.3) is 0 Å². The lowest BCUT2D eigenvalue weighted by molar-refractivity contribution is 0.107. The zero-order valence-electron chi connectivity index (χ0n) is 17.7. The number of ether oxygens (including phenoxy) is 2. The lowest BCUT2D eigenvalue weighted by Crippen LogP contribution is -2.12. The molecule has 3 rings (SSSR count). The molecule has 0 aromatic heterocycles. The first kappa shape index (κ1) is 21.4. The molecular formula is C25H34N2O2. The van der Waals surface area contributed by atoms with Crippen LogP contribution in [-0.2, 0) is 24.3 Å². The SMILES string of the molecule is CC(C)C1=C(Cc2ccc(OCCCOCc3ccccc3)cc2CN)CCN1. The van der Waals surface area contributed by atoms with E-state index in [0.717, 1.165) is 31.6 Å².